The van der Waals surface area contributed by atoms with Gasteiger partial charge in [0.15, 0.2) is 10.8 Å². The maximum atomic E-state index is 12.4. The second kappa shape index (κ2) is 7.70. The predicted molar refractivity (Wildman–Crippen MR) is 104 cm³/mol. The van der Waals surface area contributed by atoms with Gasteiger partial charge in [0.25, 0.3) is 5.91 Å². The summed E-state index contributed by atoms with van der Waals surface area (Å²) in [7, 11) is 0. The minimum Gasteiger partial charge on any atom is -0.494 e. The van der Waals surface area contributed by atoms with Crippen molar-refractivity contribution in [2.24, 2.45) is 0 Å². The molecule has 0 atom stereocenters. The Morgan fingerprint density at radius 3 is 2.65 bits per heavy atom. The number of aromatic nitrogens is 3. The van der Waals surface area contributed by atoms with E-state index in [1.165, 1.54) is 11.3 Å². The van der Waals surface area contributed by atoms with Crippen LogP contribution in [0.25, 0.3) is 11.3 Å². The standard InChI is InChI=1S/C19H22N4O2S/c1-5-25-15-8-6-14(7-9-15)17-11-26-19(20-17)21-18(24)16-10-13(4)23(22-16)12(2)3/h6-12H,5H2,1-4H3,(H,20,21,24). The van der Waals surface area contributed by atoms with Gasteiger partial charge in [0.2, 0.25) is 0 Å². The van der Waals surface area contributed by atoms with Gasteiger partial charge in [0, 0.05) is 22.7 Å². The third-order valence-corrected chi connectivity index (χ3v) is 4.59. The number of amides is 1. The summed E-state index contributed by atoms with van der Waals surface area (Å²) in [6.07, 6.45) is 0. The van der Waals surface area contributed by atoms with Gasteiger partial charge in [-0.1, -0.05) is 0 Å². The molecule has 7 heteroatoms. The number of carbonyl (C=O) groups is 1. The number of hydrogen-bond donors (Lipinski definition) is 1. The molecule has 0 unspecified atom stereocenters. The van der Waals surface area contributed by atoms with Crippen molar-refractivity contribution in [1.82, 2.24) is 14.8 Å². The number of anilines is 1. The molecule has 6 nitrogen and oxygen atoms in total. The monoisotopic (exact) mass is 370 g/mol. The number of nitrogens with one attached hydrogen (secondary N) is 1. The van der Waals surface area contributed by atoms with Gasteiger partial charge in [0.05, 0.1) is 12.3 Å². The zero-order chi connectivity index (χ0) is 18.7. The molecule has 0 aliphatic heterocycles. The van der Waals surface area contributed by atoms with E-state index >= 15 is 0 Å². The Bertz CT molecular complexity index is 897. The summed E-state index contributed by atoms with van der Waals surface area (Å²) < 4.78 is 7.28. The average Bonchev–Trinajstić information content (AvgIpc) is 3.22. The first kappa shape index (κ1) is 18.1. The third kappa shape index (κ3) is 3.94. The third-order valence-electron chi connectivity index (χ3n) is 3.83. The lowest BCUT2D eigenvalue weighted by Crippen LogP contribution is -2.13. The molecule has 0 spiro atoms. The minimum absolute atomic E-state index is 0.211. The fourth-order valence-electron chi connectivity index (χ4n) is 2.63. The zero-order valence-electron chi connectivity index (χ0n) is 15.3. The zero-order valence-corrected chi connectivity index (χ0v) is 16.1. The summed E-state index contributed by atoms with van der Waals surface area (Å²) in [6.45, 7) is 8.60. The number of benzene rings is 1. The van der Waals surface area contributed by atoms with Crippen LogP contribution in [0.1, 0.15) is 43.0 Å². The van der Waals surface area contributed by atoms with E-state index in [0.717, 1.165) is 22.7 Å². The van der Waals surface area contributed by atoms with E-state index in [9.17, 15) is 4.79 Å². The molecule has 26 heavy (non-hydrogen) atoms. The van der Waals surface area contributed by atoms with Crippen molar-refractivity contribution in [2.45, 2.75) is 33.7 Å². The van der Waals surface area contributed by atoms with Crippen LogP contribution in [0.2, 0.25) is 0 Å². The molecule has 0 aliphatic rings. The van der Waals surface area contributed by atoms with Gasteiger partial charge in [-0.3, -0.25) is 14.8 Å². The Balaban J connectivity index is 1.71. The highest BCUT2D eigenvalue weighted by molar-refractivity contribution is 7.14. The van der Waals surface area contributed by atoms with Crippen molar-refractivity contribution >= 4 is 22.4 Å². The van der Waals surface area contributed by atoms with Crippen LogP contribution < -0.4 is 10.1 Å². The van der Waals surface area contributed by atoms with Crippen LogP contribution >= 0.6 is 11.3 Å². The second-order valence-corrected chi connectivity index (χ2v) is 7.02. The number of hydrogen-bond acceptors (Lipinski definition) is 5. The van der Waals surface area contributed by atoms with Crippen LogP contribution in [0.4, 0.5) is 5.13 Å². The fraction of sp³-hybridized carbons (Fsp3) is 0.316. The molecular formula is C19H22N4O2S. The molecule has 136 valence electrons. The van der Waals surface area contributed by atoms with Crippen LogP contribution in [0, 0.1) is 6.92 Å². The van der Waals surface area contributed by atoms with E-state index in [-0.39, 0.29) is 11.9 Å². The van der Waals surface area contributed by atoms with E-state index in [0.29, 0.717) is 17.4 Å². The van der Waals surface area contributed by atoms with Gasteiger partial charge in [-0.05, 0) is 58.0 Å². The summed E-state index contributed by atoms with van der Waals surface area (Å²) in [5, 5.41) is 9.66. The average molecular weight is 370 g/mol. The number of aryl methyl sites for hydroxylation is 1. The van der Waals surface area contributed by atoms with Gasteiger partial charge < -0.3 is 4.74 Å². The van der Waals surface area contributed by atoms with Gasteiger partial charge in [-0.25, -0.2) is 4.98 Å². The minimum atomic E-state index is -0.250. The highest BCUT2D eigenvalue weighted by Gasteiger charge is 2.15. The number of rotatable bonds is 6. The fourth-order valence-corrected chi connectivity index (χ4v) is 3.35. The molecule has 1 aromatic carbocycles. The molecule has 1 amide bonds. The first-order chi connectivity index (χ1) is 12.5. The van der Waals surface area contributed by atoms with Crippen LogP contribution in [-0.4, -0.2) is 27.3 Å². The summed E-state index contributed by atoms with van der Waals surface area (Å²) in [6, 6.07) is 9.74. The van der Waals surface area contributed by atoms with E-state index < -0.39 is 0 Å². The first-order valence-electron chi connectivity index (χ1n) is 8.54. The van der Waals surface area contributed by atoms with Crippen molar-refractivity contribution in [3.63, 3.8) is 0 Å². The maximum Gasteiger partial charge on any atom is 0.277 e. The number of carbonyl (C=O) groups excluding carboxylic acids is 1. The SMILES string of the molecule is CCOc1ccc(-c2csc(NC(=O)c3cc(C)n(C(C)C)n3)n2)cc1. The summed E-state index contributed by atoms with van der Waals surface area (Å²) >= 11 is 1.39. The molecule has 3 rings (SSSR count). The Morgan fingerprint density at radius 1 is 1.31 bits per heavy atom. The number of thiazole rings is 1. The molecule has 0 radical (unpaired) electrons. The van der Waals surface area contributed by atoms with E-state index in [4.69, 9.17) is 4.74 Å². The Morgan fingerprint density at radius 2 is 2.04 bits per heavy atom. The molecule has 2 heterocycles. The molecule has 0 bridgehead atoms. The Kier molecular flexibility index (Phi) is 5.37. The maximum absolute atomic E-state index is 12.4. The summed E-state index contributed by atoms with van der Waals surface area (Å²) in [5.41, 5.74) is 3.15. The van der Waals surface area contributed by atoms with Crippen molar-refractivity contribution in [1.29, 1.82) is 0 Å². The number of nitrogens with zero attached hydrogens (tertiary/aromatic N) is 3. The van der Waals surface area contributed by atoms with Gasteiger partial charge in [0.1, 0.15) is 5.75 Å². The molecule has 0 saturated carbocycles. The normalized spacial score (nSPS) is 11.0. The second-order valence-electron chi connectivity index (χ2n) is 6.16. The predicted octanol–water partition coefficient (Wildman–Crippen LogP) is 4.55. The topological polar surface area (TPSA) is 69.0 Å². The lowest BCUT2D eigenvalue weighted by atomic mass is 10.2. The van der Waals surface area contributed by atoms with Crippen molar-refractivity contribution in [2.75, 3.05) is 11.9 Å². The molecule has 2 aromatic heterocycles. The molecule has 0 saturated heterocycles. The lowest BCUT2D eigenvalue weighted by molar-refractivity contribution is 0.102. The van der Waals surface area contributed by atoms with E-state index in [2.05, 4.69) is 15.4 Å². The highest BCUT2D eigenvalue weighted by atomic mass is 32.1. The van der Waals surface area contributed by atoms with E-state index in [1.807, 2.05) is 62.0 Å². The van der Waals surface area contributed by atoms with E-state index in [1.54, 1.807) is 6.07 Å². The smallest absolute Gasteiger partial charge is 0.277 e. The molecule has 0 aliphatic carbocycles. The lowest BCUT2D eigenvalue weighted by Gasteiger charge is -2.06. The van der Waals surface area contributed by atoms with Gasteiger partial charge in [-0.2, -0.15) is 5.10 Å². The largest absolute Gasteiger partial charge is 0.494 e. The first-order valence-corrected chi connectivity index (χ1v) is 9.42. The molecular weight excluding hydrogens is 348 g/mol. The highest BCUT2D eigenvalue weighted by Crippen LogP contribution is 2.27. The van der Waals surface area contributed by atoms with Crippen molar-refractivity contribution in [3.05, 3.63) is 47.1 Å². The van der Waals surface area contributed by atoms with Crippen LogP contribution in [0.3, 0.4) is 0 Å². The summed E-state index contributed by atoms with van der Waals surface area (Å²) in [5.74, 6) is 0.580. The van der Waals surface area contributed by atoms with Crippen LogP contribution in [0.5, 0.6) is 5.75 Å². The Hall–Kier alpha value is -2.67. The van der Waals surface area contributed by atoms with Gasteiger partial charge >= 0.3 is 0 Å². The van der Waals surface area contributed by atoms with Crippen LogP contribution in [-0.2, 0) is 0 Å². The number of ether oxygens (including phenoxy) is 1. The summed E-state index contributed by atoms with van der Waals surface area (Å²) in [4.78, 5) is 16.9. The quantitative estimate of drug-likeness (QED) is 0.691. The molecule has 0 fully saturated rings. The van der Waals surface area contributed by atoms with Crippen molar-refractivity contribution in [3.8, 4) is 17.0 Å². The Labute approximate surface area is 156 Å². The van der Waals surface area contributed by atoms with Crippen LogP contribution in [0.15, 0.2) is 35.7 Å². The van der Waals surface area contributed by atoms with Crippen molar-refractivity contribution < 1.29 is 9.53 Å². The molecule has 3 aromatic rings. The van der Waals surface area contributed by atoms with Gasteiger partial charge in [-0.15, -0.1) is 11.3 Å². The molecule has 1 N–H and O–H groups in total.